The van der Waals surface area contributed by atoms with Gasteiger partial charge in [-0.25, -0.2) is 4.79 Å². The quantitative estimate of drug-likeness (QED) is 0.206. The van der Waals surface area contributed by atoms with Gasteiger partial charge >= 0.3 is 5.97 Å². The maximum atomic E-state index is 11.9. The van der Waals surface area contributed by atoms with Crippen molar-refractivity contribution < 1.29 is 19.8 Å². The second-order valence-electron chi connectivity index (χ2n) is 8.28. The van der Waals surface area contributed by atoms with E-state index in [0.717, 1.165) is 12.8 Å². The number of hydrogen-bond donors (Lipinski definition) is 4. The predicted octanol–water partition coefficient (Wildman–Crippen LogP) is 4.53. The summed E-state index contributed by atoms with van der Waals surface area (Å²) in [7, 11) is 0. The number of nitrogens with one attached hydrogen (secondary N) is 1. The van der Waals surface area contributed by atoms with Gasteiger partial charge in [-0.15, -0.1) is 0 Å². The summed E-state index contributed by atoms with van der Waals surface area (Å²) < 4.78 is 0. The first-order valence-electron chi connectivity index (χ1n) is 11.9. The summed E-state index contributed by atoms with van der Waals surface area (Å²) in [5, 5.41) is 21.6. The zero-order chi connectivity index (χ0) is 21.7. The van der Waals surface area contributed by atoms with Gasteiger partial charge in [0, 0.05) is 0 Å². The van der Waals surface area contributed by atoms with E-state index in [9.17, 15) is 14.7 Å². The number of carbonyl (C=O) groups is 2. The molecule has 29 heavy (non-hydrogen) atoms. The molecule has 0 aliphatic rings. The van der Waals surface area contributed by atoms with Gasteiger partial charge in [-0.3, -0.25) is 4.79 Å². The van der Waals surface area contributed by atoms with Gasteiger partial charge in [-0.05, 0) is 25.8 Å². The third kappa shape index (κ3) is 18.6. The van der Waals surface area contributed by atoms with Crippen LogP contribution in [-0.4, -0.2) is 40.8 Å². The number of nitrogens with two attached hydrogens (primary N) is 1. The minimum atomic E-state index is -1.06. The van der Waals surface area contributed by atoms with Crippen molar-refractivity contribution in [3.8, 4) is 0 Å². The van der Waals surface area contributed by atoms with Crippen molar-refractivity contribution in [3.05, 3.63) is 0 Å². The van der Waals surface area contributed by atoms with E-state index in [2.05, 4.69) is 12.2 Å². The lowest BCUT2D eigenvalue weighted by molar-refractivity contribution is -0.142. The van der Waals surface area contributed by atoms with Crippen molar-refractivity contribution >= 4 is 11.9 Å². The average molecular weight is 415 g/mol. The number of carboxylic acids is 1. The second-order valence-corrected chi connectivity index (χ2v) is 8.28. The first-order chi connectivity index (χ1) is 14.0. The van der Waals surface area contributed by atoms with E-state index < -0.39 is 24.0 Å². The second kappa shape index (κ2) is 20.1. The molecular formula is C23H46N2O4. The Labute approximate surface area is 178 Å². The van der Waals surface area contributed by atoms with Gasteiger partial charge in [0.1, 0.15) is 6.04 Å². The molecule has 2 atom stereocenters. The Morgan fingerprint density at radius 3 is 1.72 bits per heavy atom. The number of aliphatic hydroxyl groups excluding tert-OH is 1. The highest BCUT2D eigenvalue weighted by Crippen LogP contribution is 2.14. The van der Waals surface area contributed by atoms with E-state index in [-0.39, 0.29) is 6.42 Å². The maximum Gasteiger partial charge on any atom is 0.326 e. The molecule has 0 radical (unpaired) electrons. The summed E-state index contributed by atoms with van der Waals surface area (Å²) in [5.74, 6) is -1.46. The molecule has 6 nitrogen and oxygen atoms in total. The Hall–Kier alpha value is -1.14. The summed E-state index contributed by atoms with van der Waals surface area (Å²) in [4.78, 5) is 23.0. The van der Waals surface area contributed by atoms with Gasteiger partial charge in [0.15, 0.2) is 0 Å². The van der Waals surface area contributed by atoms with Crippen LogP contribution in [-0.2, 0) is 9.59 Å². The molecule has 5 N–H and O–H groups in total. The number of aliphatic hydroxyl groups is 1. The van der Waals surface area contributed by atoms with Gasteiger partial charge < -0.3 is 21.3 Å². The van der Waals surface area contributed by atoms with Crippen molar-refractivity contribution in [1.82, 2.24) is 5.32 Å². The monoisotopic (exact) mass is 414 g/mol. The van der Waals surface area contributed by atoms with E-state index in [1.165, 1.54) is 70.6 Å². The number of hydrogen-bond acceptors (Lipinski definition) is 4. The van der Waals surface area contributed by atoms with Crippen molar-refractivity contribution in [2.24, 2.45) is 5.73 Å². The van der Waals surface area contributed by atoms with Crippen LogP contribution in [0.5, 0.6) is 0 Å². The van der Waals surface area contributed by atoms with Crippen LogP contribution in [0.3, 0.4) is 0 Å². The Morgan fingerprint density at radius 2 is 1.28 bits per heavy atom. The first-order valence-corrected chi connectivity index (χ1v) is 11.9. The van der Waals surface area contributed by atoms with Crippen molar-refractivity contribution in [2.75, 3.05) is 6.54 Å². The maximum absolute atomic E-state index is 11.9. The van der Waals surface area contributed by atoms with Gasteiger partial charge in [-0.2, -0.15) is 0 Å². The zero-order valence-electron chi connectivity index (χ0n) is 18.7. The summed E-state index contributed by atoms with van der Waals surface area (Å²) in [6.07, 6.45) is 17.3. The molecule has 1 amide bonds. The van der Waals surface area contributed by atoms with Crippen molar-refractivity contribution in [2.45, 2.75) is 128 Å². The number of aliphatic carboxylic acids is 1. The van der Waals surface area contributed by atoms with Crippen LogP contribution < -0.4 is 11.1 Å². The third-order valence-corrected chi connectivity index (χ3v) is 5.39. The van der Waals surface area contributed by atoms with Crippen LogP contribution >= 0.6 is 0 Å². The molecule has 0 aromatic rings. The van der Waals surface area contributed by atoms with E-state index in [1.807, 2.05) is 0 Å². The fourth-order valence-corrected chi connectivity index (χ4v) is 3.55. The highest BCUT2D eigenvalue weighted by Gasteiger charge is 2.20. The molecule has 6 heteroatoms. The molecule has 0 aliphatic carbocycles. The lowest BCUT2D eigenvalue weighted by atomic mass is 10.0. The van der Waals surface area contributed by atoms with Crippen LogP contribution in [0.2, 0.25) is 0 Å². The normalized spacial score (nSPS) is 13.2. The van der Waals surface area contributed by atoms with Crippen molar-refractivity contribution in [3.63, 3.8) is 0 Å². The molecule has 0 rings (SSSR count). The zero-order valence-corrected chi connectivity index (χ0v) is 18.7. The molecule has 0 bridgehead atoms. The summed E-state index contributed by atoms with van der Waals surface area (Å²) >= 11 is 0. The smallest absolute Gasteiger partial charge is 0.326 e. The van der Waals surface area contributed by atoms with E-state index in [0.29, 0.717) is 25.8 Å². The number of rotatable bonds is 21. The minimum absolute atomic E-state index is 0.0370. The summed E-state index contributed by atoms with van der Waals surface area (Å²) in [6, 6.07) is -0.922. The van der Waals surface area contributed by atoms with Gasteiger partial charge in [0.25, 0.3) is 0 Å². The third-order valence-electron chi connectivity index (χ3n) is 5.39. The molecule has 0 aliphatic heterocycles. The molecule has 0 spiro atoms. The minimum Gasteiger partial charge on any atom is -0.480 e. The van der Waals surface area contributed by atoms with E-state index in [1.54, 1.807) is 0 Å². The Morgan fingerprint density at radius 1 is 0.793 bits per heavy atom. The summed E-state index contributed by atoms with van der Waals surface area (Å²) in [6.45, 7) is 2.64. The molecule has 0 heterocycles. The lowest BCUT2D eigenvalue weighted by Crippen LogP contribution is -2.42. The molecule has 0 aromatic carbocycles. The highest BCUT2D eigenvalue weighted by atomic mass is 16.4. The Kier molecular flexibility index (Phi) is 19.4. The van der Waals surface area contributed by atoms with Crippen LogP contribution in [0, 0.1) is 0 Å². The highest BCUT2D eigenvalue weighted by molar-refractivity contribution is 5.83. The Balaban J connectivity index is 3.56. The van der Waals surface area contributed by atoms with Crippen molar-refractivity contribution in [1.29, 1.82) is 0 Å². The standard InChI is InChI=1S/C23H46N2O4/c1-2-3-4-5-6-7-8-9-10-11-12-13-14-16-20(26)19-22(27)25-21(23(28)29)17-15-18-24/h20-21,26H,2-19,24H2,1H3,(H,25,27)(H,28,29)/t20?,21-/m1/s1. The largest absolute Gasteiger partial charge is 0.480 e. The lowest BCUT2D eigenvalue weighted by Gasteiger charge is -2.16. The topological polar surface area (TPSA) is 113 Å². The molecule has 0 saturated heterocycles. The van der Waals surface area contributed by atoms with Crippen LogP contribution in [0.25, 0.3) is 0 Å². The van der Waals surface area contributed by atoms with Crippen LogP contribution in [0.4, 0.5) is 0 Å². The first kappa shape index (κ1) is 27.9. The molecule has 1 unspecified atom stereocenters. The average Bonchev–Trinajstić information content (AvgIpc) is 2.68. The fourth-order valence-electron chi connectivity index (χ4n) is 3.55. The fraction of sp³-hybridized carbons (Fsp3) is 0.913. The SMILES string of the molecule is CCCCCCCCCCCCCCCC(O)CC(=O)N[C@H](CCCN)C(=O)O. The van der Waals surface area contributed by atoms with E-state index in [4.69, 9.17) is 10.8 Å². The molecule has 0 saturated carbocycles. The number of amides is 1. The van der Waals surface area contributed by atoms with Gasteiger partial charge in [0.2, 0.25) is 5.91 Å². The number of carboxylic acid groups (broad SMARTS) is 1. The van der Waals surface area contributed by atoms with Crippen LogP contribution in [0.1, 0.15) is 116 Å². The summed E-state index contributed by atoms with van der Waals surface area (Å²) in [5.41, 5.74) is 5.38. The van der Waals surface area contributed by atoms with Crippen LogP contribution in [0.15, 0.2) is 0 Å². The van der Waals surface area contributed by atoms with Gasteiger partial charge in [0.05, 0.1) is 12.5 Å². The van der Waals surface area contributed by atoms with Gasteiger partial charge in [-0.1, -0.05) is 90.4 Å². The number of carbonyl (C=O) groups excluding carboxylic acids is 1. The molecule has 0 fully saturated rings. The molecule has 0 aromatic heterocycles. The molecule has 172 valence electrons. The number of unbranched alkanes of at least 4 members (excludes halogenated alkanes) is 12. The predicted molar refractivity (Wildman–Crippen MR) is 119 cm³/mol. The Bertz CT molecular complexity index is 404. The van der Waals surface area contributed by atoms with E-state index >= 15 is 0 Å². The molecular weight excluding hydrogens is 368 g/mol.